The van der Waals surface area contributed by atoms with E-state index < -0.39 is 0 Å². The minimum Gasteiger partial charge on any atom is -0.324 e. The average Bonchev–Trinajstić information content (AvgIpc) is 2.83. The second kappa shape index (κ2) is 6.50. The molecular weight excluding hydrogens is 316 g/mol. The van der Waals surface area contributed by atoms with Crippen LogP contribution in [-0.2, 0) is 13.0 Å². The predicted octanol–water partition coefficient (Wildman–Crippen LogP) is 3.31. The Morgan fingerprint density at radius 3 is 2.55 bits per heavy atom. The smallest absolute Gasteiger partial charge is 0.138 e. The number of hydrogen-bond donors (Lipinski definition) is 1. The minimum absolute atomic E-state index is 0.0553. The molecule has 0 aliphatic carbocycles. The summed E-state index contributed by atoms with van der Waals surface area (Å²) in [5.41, 5.74) is 9.92. The van der Waals surface area contributed by atoms with Crippen molar-refractivity contribution >= 4 is 15.9 Å². The van der Waals surface area contributed by atoms with Crippen LogP contribution >= 0.6 is 15.9 Å². The Kier molecular flexibility index (Phi) is 4.94. The number of nitrogens with two attached hydrogens (primary N) is 1. The highest BCUT2D eigenvalue weighted by molar-refractivity contribution is 9.10. The van der Waals surface area contributed by atoms with Gasteiger partial charge in [0, 0.05) is 23.5 Å². The molecule has 0 bridgehead atoms. The molecule has 20 heavy (non-hydrogen) atoms. The van der Waals surface area contributed by atoms with Crippen LogP contribution in [0.2, 0.25) is 0 Å². The van der Waals surface area contributed by atoms with Gasteiger partial charge in [0.05, 0.1) is 0 Å². The summed E-state index contributed by atoms with van der Waals surface area (Å²) in [7, 11) is 0. The normalized spacial score (nSPS) is 12.7. The van der Waals surface area contributed by atoms with Crippen molar-refractivity contribution in [2.24, 2.45) is 5.73 Å². The van der Waals surface area contributed by atoms with E-state index in [4.69, 9.17) is 5.73 Å². The van der Waals surface area contributed by atoms with E-state index in [9.17, 15) is 0 Å². The molecule has 4 nitrogen and oxygen atoms in total. The summed E-state index contributed by atoms with van der Waals surface area (Å²) in [5, 5.41) is 4.24. The number of nitrogens with zero attached hydrogens (tertiary/aromatic N) is 3. The van der Waals surface area contributed by atoms with Crippen LogP contribution in [0.1, 0.15) is 41.9 Å². The molecule has 1 atom stereocenters. The Morgan fingerprint density at radius 2 is 1.95 bits per heavy atom. The van der Waals surface area contributed by atoms with E-state index >= 15 is 0 Å². The maximum Gasteiger partial charge on any atom is 0.138 e. The lowest BCUT2D eigenvalue weighted by Gasteiger charge is -2.15. The third-order valence-electron chi connectivity index (χ3n) is 3.42. The standard InChI is InChI=1S/C15H21BrN4/c1-4-5-20-14(18-9-19-20)8-13(17)12-6-10(2)15(16)11(3)7-12/h6-7,9,13H,4-5,8,17H2,1-3H3. The van der Waals surface area contributed by atoms with Gasteiger partial charge in [-0.1, -0.05) is 35.0 Å². The van der Waals surface area contributed by atoms with Crippen molar-refractivity contribution in [3.63, 3.8) is 0 Å². The monoisotopic (exact) mass is 336 g/mol. The SMILES string of the molecule is CCCn1ncnc1CC(N)c1cc(C)c(Br)c(C)c1. The summed E-state index contributed by atoms with van der Waals surface area (Å²) < 4.78 is 3.10. The van der Waals surface area contributed by atoms with E-state index in [0.717, 1.165) is 28.8 Å². The molecule has 0 saturated heterocycles. The van der Waals surface area contributed by atoms with Crippen molar-refractivity contribution in [1.29, 1.82) is 0 Å². The molecule has 1 aromatic carbocycles. The van der Waals surface area contributed by atoms with Crippen LogP contribution in [0, 0.1) is 13.8 Å². The molecule has 2 N–H and O–H groups in total. The molecule has 0 spiro atoms. The first kappa shape index (κ1) is 15.2. The van der Waals surface area contributed by atoms with Gasteiger partial charge in [0.15, 0.2) is 0 Å². The van der Waals surface area contributed by atoms with E-state index in [1.807, 2.05) is 4.68 Å². The van der Waals surface area contributed by atoms with Crippen molar-refractivity contribution in [3.05, 3.63) is 45.4 Å². The van der Waals surface area contributed by atoms with Crippen LogP contribution in [0.4, 0.5) is 0 Å². The first-order valence-electron chi connectivity index (χ1n) is 6.91. The topological polar surface area (TPSA) is 56.7 Å². The molecule has 0 radical (unpaired) electrons. The van der Waals surface area contributed by atoms with Gasteiger partial charge in [-0.2, -0.15) is 5.10 Å². The molecule has 1 heterocycles. The fraction of sp³-hybridized carbons (Fsp3) is 0.467. The van der Waals surface area contributed by atoms with Gasteiger partial charge in [-0.25, -0.2) is 4.98 Å². The molecular formula is C15H21BrN4. The molecule has 2 rings (SSSR count). The number of halogens is 1. The first-order chi connectivity index (χ1) is 9.52. The fourth-order valence-corrected chi connectivity index (χ4v) is 2.58. The van der Waals surface area contributed by atoms with E-state index in [1.165, 1.54) is 11.1 Å². The van der Waals surface area contributed by atoms with Crippen LogP contribution in [0.5, 0.6) is 0 Å². The van der Waals surface area contributed by atoms with Gasteiger partial charge in [0.1, 0.15) is 12.2 Å². The summed E-state index contributed by atoms with van der Waals surface area (Å²) in [6.45, 7) is 7.20. The number of benzene rings is 1. The number of aryl methyl sites for hydroxylation is 3. The molecule has 0 aliphatic rings. The van der Waals surface area contributed by atoms with Gasteiger partial charge >= 0.3 is 0 Å². The number of rotatable bonds is 5. The van der Waals surface area contributed by atoms with Crippen molar-refractivity contribution in [1.82, 2.24) is 14.8 Å². The van der Waals surface area contributed by atoms with Gasteiger partial charge < -0.3 is 5.73 Å². The fourth-order valence-electron chi connectivity index (χ4n) is 2.35. The quantitative estimate of drug-likeness (QED) is 0.911. The van der Waals surface area contributed by atoms with Gasteiger partial charge in [0.25, 0.3) is 0 Å². The third kappa shape index (κ3) is 3.27. The zero-order valence-corrected chi connectivity index (χ0v) is 13.8. The van der Waals surface area contributed by atoms with Gasteiger partial charge in [-0.3, -0.25) is 4.68 Å². The molecule has 1 aromatic heterocycles. The van der Waals surface area contributed by atoms with Gasteiger partial charge in [-0.15, -0.1) is 0 Å². The largest absolute Gasteiger partial charge is 0.324 e. The van der Waals surface area contributed by atoms with Crippen molar-refractivity contribution in [2.75, 3.05) is 0 Å². The van der Waals surface area contributed by atoms with E-state index in [-0.39, 0.29) is 6.04 Å². The summed E-state index contributed by atoms with van der Waals surface area (Å²) in [6, 6.07) is 4.23. The van der Waals surface area contributed by atoms with Gasteiger partial charge in [-0.05, 0) is 37.0 Å². The Hall–Kier alpha value is -1.20. The van der Waals surface area contributed by atoms with E-state index in [2.05, 4.69) is 58.9 Å². The summed E-state index contributed by atoms with van der Waals surface area (Å²) in [5.74, 6) is 0.956. The lowest BCUT2D eigenvalue weighted by Crippen LogP contribution is -2.17. The van der Waals surface area contributed by atoms with Crippen LogP contribution < -0.4 is 5.73 Å². The zero-order chi connectivity index (χ0) is 14.7. The second-order valence-electron chi connectivity index (χ2n) is 5.18. The molecule has 1 unspecified atom stereocenters. The molecule has 5 heteroatoms. The molecule has 0 fully saturated rings. The lowest BCUT2D eigenvalue weighted by molar-refractivity contribution is 0.548. The molecule has 0 saturated carbocycles. The highest BCUT2D eigenvalue weighted by Gasteiger charge is 2.13. The van der Waals surface area contributed by atoms with Crippen molar-refractivity contribution in [3.8, 4) is 0 Å². The second-order valence-corrected chi connectivity index (χ2v) is 5.97. The van der Waals surface area contributed by atoms with E-state index in [0.29, 0.717) is 6.42 Å². The Bertz CT molecular complexity index is 568. The van der Waals surface area contributed by atoms with E-state index in [1.54, 1.807) is 6.33 Å². The maximum atomic E-state index is 6.34. The van der Waals surface area contributed by atoms with Crippen LogP contribution in [0.15, 0.2) is 22.9 Å². The van der Waals surface area contributed by atoms with Crippen molar-refractivity contribution in [2.45, 2.75) is 46.2 Å². The lowest BCUT2D eigenvalue weighted by atomic mass is 9.99. The number of aromatic nitrogens is 3. The molecule has 0 amide bonds. The highest BCUT2D eigenvalue weighted by Crippen LogP contribution is 2.26. The average molecular weight is 337 g/mol. The summed E-state index contributed by atoms with van der Waals surface area (Å²) in [4.78, 5) is 4.33. The first-order valence-corrected chi connectivity index (χ1v) is 7.71. The van der Waals surface area contributed by atoms with Crippen LogP contribution in [0.25, 0.3) is 0 Å². The Balaban J connectivity index is 2.19. The molecule has 108 valence electrons. The maximum absolute atomic E-state index is 6.34. The Labute approximate surface area is 128 Å². The Morgan fingerprint density at radius 1 is 1.30 bits per heavy atom. The van der Waals surface area contributed by atoms with Gasteiger partial charge in [0.2, 0.25) is 0 Å². The predicted molar refractivity (Wildman–Crippen MR) is 84.6 cm³/mol. The summed E-state index contributed by atoms with van der Waals surface area (Å²) in [6.07, 6.45) is 3.36. The van der Waals surface area contributed by atoms with Crippen molar-refractivity contribution < 1.29 is 0 Å². The third-order valence-corrected chi connectivity index (χ3v) is 4.67. The van der Waals surface area contributed by atoms with Crippen LogP contribution in [0.3, 0.4) is 0 Å². The number of hydrogen-bond acceptors (Lipinski definition) is 3. The minimum atomic E-state index is -0.0553. The molecule has 2 aromatic rings. The van der Waals surface area contributed by atoms with Crippen LogP contribution in [-0.4, -0.2) is 14.8 Å². The highest BCUT2D eigenvalue weighted by atomic mass is 79.9. The molecule has 0 aliphatic heterocycles. The summed E-state index contributed by atoms with van der Waals surface area (Å²) >= 11 is 3.59. The zero-order valence-electron chi connectivity index (χ0n) is 12.2.